The molecule has 0 radical (unpaired) electrons. The molecule has 7 heteroatoms. The fourth-order valence-corrected chi connectivity index (χ4v) is 5.63. The topological polar surface area (TPSA) is 86.2 Å². The van der Waals surface area contributed by atoms with Crippen molar-refractivity contribution in [2.45, 2.75) is 21.6 Å². The van der Waals surface area contributed by atoms with Crippen LogP contribution < -0.4 is 11.5 Å². The van der Waals surface area contributed by atoms with Gasteiger partial charge >= 0.3 is 0 Å². The number of hydrogen-bond donors (Lipinski definition) is 2. The first-order chi connectivity index (χ1) is 10.8. The van der Waals surface area contributed by atoms with Gasteiger partial charge in [-0.3, -0.25) is 0 Å². The van der Waals surface area contributed by atoms with Crippen LogP contribution >= 0.6 is 23.2 Å². The molecular weight excluding hydrogens is 355 g/mol. The van der Waals surface area contributed by atoms with Gasteiger partial charge in [-0.25, -0.2) is 8.42 Å². The maximum Gasteiger partial charge on any atom is 0.183 e. The second-order valence-corrected chi connectivity index (χ2v) is 8.71. The molecule has 4 N–H and O–H groups in total. The van der Waals surface area contributed by atoms with E-state index in [0.29, 0.717) is 10.0 Å². The van der Waals surface area contributed by atoms with Crippen molar-refractivity contribution in [2.24, 2.45) is 11.5 Å². The number of benzene rings is 2. The number of hydrogen-bond acceptors (Lipinski definition) is 4. The Morgan fingerprint density at radius 2 is 1.43 bits per heavy atom. The molecule has 1 saturated carbocycles. The lowest BCUT2D eigenvalue weighted by Gasteiger charge is -2.09. The first kappa shape index (κ1) is 16.7. The molecule has 2 aromatic carbocycles. The third-order valence-corrected chi connectivity index (χ3v) is 7.17. The monoisotopic (exact) mass is 370 g/mol. The van der Waals surface area contributed by atoms with Crippen molar-refractivity contribution in [3.05, 3.63) is 64.1 Å². The highest BCUT2D eigenvalue weighted by atomic mass is 35.5. The quantitative estimate of drug-likeness (QED) is 0.865. The molecule has 0 amide bonds. The van der Waals surface area contributed by atoms with E-state index in [1.54, 1.807) is 36.4 Å². The lowest BCUT2D eigenvalue weighted by molar-refractivity contribution is 0.586. The highest BCUT2D eigenvalue weighted by Gasteiger charge is 2.68. The normalized spacial score (nSPS) is 27.0. The molecule has 0 bridgehead atoms. The van der Waals surface area contributed by atoms with E-state index in [-0.39, 0.29) is 17.4 Å². The average Bonchev–Trinajstić information content (AvgIpc) is 3.16. The van der Waals surface area contributed by atoms with Crippen LogP contribution in [-0.4, -0.2) is 25.8 Å². The van der Waals surface area contributed by atoms with Gasteiger partial charge in [-0.05, 0) is 42.0 Å². The van der Waals surface area contributed by atoms with E-state index >= 15 is 0 Å². The number of sulfone groups is 1. The summed E-state index contributed by atoms with van der Waals surface area (Å²) >= 11 is 11.7. The van der Waals surface area contributed by atoms with E-state index in [0.717, 1.165) is 5.56 Å². The van der Waals surface area contributed by atoms with Crippen molar-refractivity contribution in [1.82, 2.24) is 0 Å². The number of halogens is 2. The van der Waals surface area contributed by atoms with Crippen molar-refractivity contribution < 1.29 is 8.42 Å². The van der Waals surface area contributed by atoms with Crippen molar-refractivity contribution in [2.75, 3.05) is 6.54 Å². The molecule has 0 unspecified atom stereocenters. The molecule has 122 valence electrons. The van der Waals surface area contributed by atoms with Gasteiger partial charge in [0.15, 0.2) is 9.84 Å². The van der Waals surface area contributed by atoms with Crippen LogP contribution in [0.4, 0.5) is 0 Å². The Balaban J connectivity index is 2.01. The van der Waals surface area contributed by atoms with Crippen LogP contribution in [0.5, 0.6) is 0 Å². The zero-order chi connectivity index (χ0) is 16.8. The van der Waals surface area contributed by atoms with Gasteiger partial charge in [0.1, 0.15) is 0 Å². The van der Waals surface area contributed by atoms with Crippen LogP contribution in [0.15, 0.2) is 53.4 Å². The summed E-state index contributed by atoms with van der Waals surface area (Å²) in [6.07, 6.45) is 0. The molecule has 1 aliphatic rings. The van der Waals surface area contributed by atoms with Crippen molar-refractivity contribution in [3.8, 4) is 0 Å². The van der Waals surface area contributed by atoms with E-state index in [1.165, 1.54) is 12.1 Å². The largest absolute Gasteiger partial charge is 0.329 e. The van der Waals surface area contributed by atoms with E-state index in [2.05, 4.69) is 0 Å². The fraction of sp³-hybridized carbons (Fsp3) is 0.250. The second-order valence-electron chi connectivity index (χ2n) is 5.77. The van der Waals surface area contributed by atoms with E-state index in [4.69, 9.17) is 34.7 Å². The van der Waals surface area contributed by atoms with Crippen molar-refractivity contribution >= 4 is 33.0 Å². The molecule has 1 aliphatic carbocycles. The van der Waals surface area contributed by atoms with E-state index in [1.807, 2.05) is 0 Å². The summed E-state index contributed by atoms with van der Waals surface area (Å²) in [6, 6.07) is 13.1. The first-order valence-electron chi connectivity index (χ1n) is 7.04. The van der Waals surface area contributed by atoms with Crippen LogP contribution in [-0.2, 0) is 9.84 Å². The molecule has 0 aliphatic heterocycles. The smallest absolute Gasteiger partial charge is 0.183 e. The summed E-state index contributed by atoms with van der Waals surface area (Å²) < 4.78 is 25.9. The molecule has 0 spiro atoms. The van der Waals surface area contributed by atoms with Crippen molar-refractivity contribution in [3.63, 3.8) is 0 Å². The minimum atomic E-state index is -3.61. The SMILES string of the molecule is NC[C@]1(N)[C@@H](c2ccc(Cl)cc2)[C@@H]1S(=O)(=O)c1ccc(Cl)cc1. The lowest BCUT2D eigenvalue weighted by Crippen LogP contribution is -2.39. The standard InChI is InChI=1S/C16H16Cl2N2O2S/c17-11-3-1-10(2-4-11)14-15(16(14,20)9-19)23(21,22)13-7-5-12(18)6-8-13/h1-8,14-15H,9,19-20H2/t14-,15-,16-/m0/s1. The molecule has 23 heavy (non-hydrogen) atoms. The van der Waals surface area contributed by atoms with Gasteiger partial charge in [0, 0.05) is 22.5 Å². The second kappa shape index (κ2) is 5.76. The number of nitrogens with two attached hydrogens (primary N) is 2. The van der Waals surface area contributed by atoms with Crippen LogP contribution in [0.25, 0.3) is 0 Å². The van der Waals surface area contributed by atoms with Gasteiger partial charge in [-0.1, -0.05) is 35.3 Å². The zero-order valence-electron chi connectivity index (χ0n) is 12.1. The summed E-state index contributed by atoms with van der Waals surface area (Å²) in [6.45, 7) is 0.0811. The number of rotatable bonds is 4. The minimum absolute atomic E-state index is 0.0811. The Morgan fingerprint density at radius 3 is 1.91 bits per heavy atom. The summed E-state index contributed by atoms with van der Waals surface area (Å²) in [5.41, 5.74) is 11.9. The van der Waals surface area contributed by atoms with Crippen LogP contribution in [0.1, 0.15) is 11.5 Å². The highest BCUT2D eigenvalue weighted by Crippen LogP contribution is 2.55. The molecule has 3 atom stereocenters. The third-order valence-electron chi connectivity index (χ3n) is 4.36. The molecule has 2 aromatic rings. The fourth-order valence-electron chi connectivity index (χ4n) is 3.06. The van der Waals surface area contributed by atoms with E-state index in [9.17, 15) is 8.42 Å². The van der Waals surface area contributed by atoms with Crippen LogP contribution in [0.2, 0.25) is 10.0 Å². The Labute approximate surface area is 145 Å². The average molecular weight is 371 g/mol. The molecule has 0 saturated heterocycles. The lowest BCUT2D eigenvalue weighted by atomic mass is 10.1. The van der Waals surface area contributed by atoms with Crippen molar-refractivity contribution in [1.29, 1.82) is 0 Å². The van der Waals surface area contributed by atoms with Gasteiger partial charge in [0.05, 0.1) is 15.7 Å². The minimum Gasteiger partial charge on any atom is -0.329 e. The summed E-state index contributed by atoms with van der Waals surface area (Å²) in [4.78, 5) is 0.201. The first-order valence-corrected chi connectivity index (χ1v) is 9.35. The maximum absolute atomic E-state index is 12.9. The maximum atomic E-state index is 12.9. The summed E-state index contributed by atoms with van der Waals surface area (Å²) in [7, 11) is -3.61. The van der Waals surface area contributed by atoms with Crippen LogP contribution in [0.3, 0.4) is 0 Å². The van der Waals surface area contributed by atoms with Gasteiger partial charge in [-0.15, -0.1) is 0 Å². The molecule has 0 aromatic heterocycles. The van der Waals surface area contributed by atoms with Crippen LogP contribution in [0, 0.1) is 0 Å². The Hall–Kier alpha value is -1.11. The Kier molecular flexibility index (Phi) is 4.19. The highest BCUT2D eigenvalue weighted by molar-refractivity contribution is 7.92. The van der Waals surface area contributed by atoms with Gasteiger partial charge in [0.2, 0.25) is 0 Å². The molecule has 1 fully saturated rings. The summed E-state index contributed by atoms with van der Waals surface area (Å²) in [5, 5.41) is 0.302. The third kappa shape index (κ3) is 2.77. The predicted molar refractivity (Wildman–Crippen MR) is 92.6 cm³/mol. The zero-order valence-corrected chi connectivity index (χ0v) is 14.4. The molecule has 4 nitrogen and oxygen atoms in total. The molecular formula is C16H16Cl2N2O2S. The Bertz CT molecular complexity index is 822. The van der Waals surface area contributed by atoms with Gasteiger partial charge in [0.25, 0.3) is 0 Å². The van der Waals surface area contributed by atoms with E-state index < -0.39 is 20.6 Å². The van der Waals surface area contributed by atoms with Gasteiger partial charge in [-0.2, -0.15) is 0 Å². The molecule has 0 heterocycles. The molecule has 3 rings (SSSR count). The summed E-state index contributed by atoms with van der Waals surface area (Å²) in [5.74, 6) is -0.356. The Morgan fingerprint density at radius 1 is 0.957 bits per heavy atom. The van der Waals surface area contributed by atoms with Gasteiger partial charge < -0.3 is 11.5 Å². The predicted octanol–water partition coefficient (Wildman–Crippen LogP) is 2.59.